The zero-order chi connectivity index (χ0) is 23.6. The average Bonchev–Trinajstić information content (AvgIpc) is 3.18. The molecule has 3 N–H and O–H groups in total. The third-order valence-electron chi connectivity index (χ3n) is 6.12. The molecule has 1 fully saturated rings. The van der Waals surface area contributed by atoms with E-state index in [4.69, 9.17) is 0 Å². The fourth-order valence-electron chi connectivity index (χ4n) is 4.27. The Morgan fingerprint density at radius 1 is 1.25 bits per heavy atom. The van der Waals surface area contributed by atoms with Gasteiger partial charge in [0.15, 0.2) is 0 Å². The highest BCUT2D eigenvalue weighted by Gasteiger charge is 2.57. The van der Waals surface area contributed by atoms with E-state index in [1.165, 1.54) is 0 Å². The van der Waals surface area contributed by atoms with Crippen molar-refractivity contribution in [2.24, 2.45) is 5.92 Å². The molecule has 3 amide bonds. The summed E-state index contributed by atoms with van der Waals surface area (Å²) in [6, 6.07) is 5.67. The fourth-order valence-corrected chi connectivity index (χ4v) is 6.33. The number of fused-ring (bicyclic) bond motifs is 3. The third kappa shape index (κ3) is 4.79. The van der Waals surface area contributed by atoms with E-state index in [0.717, 1.165) is 5.56 Å². The molecule has 2 aliphatic heterocycles. The first kappa shape index (κ1) is 24.9. The van der Waals surface area contributed by atoms with E-state index in [9.17, 15) is 19.5 Å². The van der Waals surface area contributed by atoms with E-state index in [-0.39, 0.29) is 41.7 Å². The standard InChI is InChI=1S/C23H33N3O4S2/c1-13(2)17(12-27)25-19(28)16(10-11-31-5)24-20(29)18-23(3,4)32-22-15-9-7-6-8-14(15)21(30)26(18)22/h6-9,13,16-18,22,27H,10-12H2,1-5H3,(H,24,29)(H,25,28). The first-order valence-electron chi connectivity index (χ1n) is 10.9. The van der Waals surface area contributed by atoms with Crippen molar-refractivity contribution in [3.05, 3.63) is 35.4 Å². The minimum absolute atomic E-state index is 0.0625. The molecule has 0 aromatic heterocycles. The van der Waals surface area contributed by atoms with Crippen molar-refractivity contribution in [1.29, 1.82) is 0 Å². The molecule has 9 heteroatoms. The highest BCUT2D eigenvalue weighted by atomic mass is 32.2. The van der Waals surface area contributed by atoms with Gasteiger partial charge in [0.05, 0.1) is 12.6 Å². The Kier molecular flexibility index (Phi) is 7.83. The number of nitrogens with one attached hydrogen (secondary N) is 2. The van der Waals surface area contributed by atoms with Crippen molar-refractivity contribution in [3.8, 4) is 0 Å². The van der Waals surface area contributed by atoms with Gasteiger partial charge >= 0.3 is 0 Å². The van der Waals surface area contributed by atoms with Crippen molar-refractivity contribution >= 4 is 41.2 Å². The summed E-state index contributed by atoms with van der Waals surface area (Å²) in [7, 11) is 0. The van der Waals surface area contributed by atoms with E-state index >= 15 is 0 Å². The quantitative estimate of drug-likeness (QED) is 0.503. The van der Waals surface area contributed by atoms with Gasteiger partial charge in [-0.2, -0.15) is 11.8 Å². The molecule has 1 aromatic carbocycles. The number of aliphatic hydroxyl groups is 1. The lowest BCUT2D eigenvalue weighted by molar-refractivity contribution is -0.132. The number of hydrogen-bond donors (Lipinski definition) is 3. The lowest BCUT2D eigenvalue weighted by Crippen LogP contribution is -2.58. The molecule has 3 rings (SSSR count). The van der Waals surface area contributed by atoms with Gasteiger partial charge in [0.1, 0.15) is 17.5 Å². The smallest absolute Gasteiger partial charge is 0.256 e. The van der Waals surface area contributed by atoms with Gasteiger partial charge < -0.3 is 20.6 Å². The fraction of sp³-hybridized carbons (Fsp3) is 0.609. The number of aliphatic hydroxyl groups excluding tert-OH is 1. The van der Waals surface area contributed by atoms with Gasteiger partial charge in [0.2, 0.25) is 11.8 Å². The Morgan fingerprint density at radius 3 is 2.56 bits per heavy atom. The Balaban J connectivity index is 1.81. The lowest BCUT2D eigenvalue weighted by atomic mass is 9.99. The van der Waals surface area contributed by atoms with Gasteiger partial charge in [0.25, 0.3) is 5.91 Å². The van der Waals surface area contributed by atoms with Gasteiger partial charge in [0, 0.05) is 10.3 Å². The maximum atomic E-state index is 13.5. The first-order chi connectivity index (χ1) is 15.1. The highest BCUT2D eigenvalue weighted by molar-refractivity contribution is 8.01. The Labute approximate surface area is 198 Å². The van der Waals surface area contributed by atoms with Crippen LogP contribution in [-0.2, 0) is 9.59 Å². The third-order valence-corrected chi connectivity index (χ3v) is 8.30. The van der Waals surface area contributed by atoms with Crippen LogP contribution in [-0.4, -0.2) is 69.2 Å². The summed E-state index contributed by atoms with van der Waals surface area (Å²) in [5.74, 6) is -0.0149. The molecule has 0 saturated carbocycles. The number of amides is 3. The highest BCUT2D eigenvalue weighted by Crippen LogP contribution is 2.56. The molecule has 2 heterocycles. The first-order valence-corrected chi connectivity index (χ1v) is 13.2. The summed E-state index contributed by atoms with van der Waals surface area (Å²) >= 11 is 3.19. The van der Waals surface area contributed by atoms with E-state index in [1.54, 1.807) is 34.5 Å². The molecule has 0 aliphatic carbocycles. The lowest BCUT2D eigenvalue weighted by Gasteiger charge is -2.31. The topological polar surface area (TPSA) is 98.7 Å². The van der Waals surface area contributed by atoms with Crippen LogP contribution in [0.3, 0.4) is 0 Å². The zero-order valence-corrected chi connectivity index (χ0v) is 20.9. The number of hydrogen-bond acceptors (Lipinski definition) is 6. The van der Waals surface area contributed by atoms with Crippen molar-refractivity contribution < 1.29 is 19.5 Å². The molecular weight excluding hydrogens is 446 g/mol. The van der Waals surface area contributed by atoms with Gasteiger partial charge in [-0.15, -0.1) is 11.8 Å². The Hall–Kier alpha value is -1.71. The Morgan fingerprint density at radius 2 is 1.94 bits per heavy atom. The summed E-state index contributed by atoms with van der Waals surface area (Å²) in [5.41, 5.74) is 1.57. The van der Waals surface area contributed by atoms with Crippen LogP contribution in [0.1, 0.15) is 55.4 Å². The summed E-state index contributed by atoms with van der Waals surface area (Å²) in [4.78, 5) is 41.3. The van der Waals surface area contributed by atoms with Crippen LogP contribution < -0.4 is 10.6 Å². The molecule has 2 aliphatic rings. The second kappa shape index (κ2) is 10.1. The van der Waals surface area contributed by atoms with Crippen molar-refractivity contribution in [3.63, 3.8) is 0 Å². The number of benzene rings is 1. The van der Waals surface area contributed by atoms with Gasteiger partial charge in [-0.25, -0.2) is 0 Å². The molecule has 176 valence electrons. The van der Waals surface area contributed by atoms with Crippen LogP contribution in [0.25, 0.3) is 0 Å². The SMILES string of the molecule is CSCCC(NC(=O)C1N2C(=O)c3ccccc3C2SC1(C)C)C(=O)NC(CO)C(C)C. The van der Waals surface area contributed by atoms with Crippen LogP contribution >= 0.6 is 23.5 Å². The van der Waals surface area contributed by atoms with Crippen molar-refractivity contribution in [2.45, 2.75) is 62.4 Å². The van der Waals surface area contributed by atoms with Crippen LogP contribution in [0.15, 0.2) is 24.3 Å². The van der Waals surface area contributed by atoms with Gasteiger partial charge in [-0.3, -0.25) is 14.4 Å². The second-order valence-corrected chi connectivity index (χ2v) is 11.9. The van der Waals surface area contributed by atoms with E-state index in [0.29, 0.717) is 17.7 Å². The zero-order valence-electron chi connectivity index (χ0n) is 19.3. The number of carbonyl (C=O) groups excluding carboxylic acids is 3. The maximum absolute atomic E-state index is 13.5. The van der Waals surface area contributed by atoms with E-state index < -0.39 is 16.8 Å². The maximum Gasteiger partial charge on any atom is 0.256 e. The summed E-state index contributed by atoms with van der Waals surface area (Å²) in [6.07, 6.45) is 2.41. The summed E-state index contributed by atoms with van der Waals surface area (Å²) < 4.78 is -0.510. The summed E-state index contributed by atoms with van der Waals surface area (Å²) in [6.45, 7) is 7.61. The van der Waals surface area contributed by atoms with E-state index in [1.807, 2.05) is 52.1 Å². The second-order valence-electron chi connectivity index (χ2n) is 9.16. The average molecular weight is 480 g/mol. The minimum atomic E-state index is -0.734. The molecule has 0 bridgehead atoms. The molecular formula is C23H33N3O4S2. The molecule has 32 heavy (non-hydrogen) atoms. The minimum Gasteiger partial charge on any atom is -0.394 e. The van der Waals surface area contributed by atoms with Crippen molar-refractivity contribution in [2.75, 3.05) is 18.6 Å². The number of nitrogens with zero attached hydrogens (tertiary/aromatic N) is 1. The summed E-state index contributed by atoms with van der Waals surface area (Å²) in [5, 5.41) is 15.2. The number of carbonyl (C=O) groups is 3. The molecule has 0 spiro atoms. The molecule has 0 radical (unpaired) electrons. The Bertz CT molecular complexity index is 877. The molecule has 4 unspecified atom stereocenters. The number of thioether (sulfide) groups is 2. The predicted molar refractivity (Wildman–Crippen MR) is 130 cm³/mol. The molecule has 7 nitrogen and oxygen atoms in total. The van der Waals surface area contributed by atoms with Crippen LogP contribution in [0.5, 0.6) is 0 Å². The monoisotopic (exact) mass is 479 g/mol. The van der Waals surface area contributed by atoms with Gasteiger partial charge in [-0.1, -0.05) is 32.0 Å². The number of rotatable bonds is 9. The largest absolute Gasteiger partial charge is 0.394 e. The van der Waals surface area contributed by atoms with Crippen LogP contribution in [0.2, 0.25) is 0 Å². The van der Waals surface area contributed by atoms with Crippen LogP contribution in [0, 0.1) is 5.92 Å². The van der Waals surface area contributed by atoms with Crippen molar-refractivity contribution in [1.82, 2.24) is 15.5 Å². The normalized spacial score (nSPS) is 23.0. The van der Waals surface area contributed by atoms with E-state index in [2.05, 4.69) is 10.6 Å². The van der Waals surface area contributed by atoms with Crippen LogP contribution in [0.4, 0.5) is 0 Å². The van der Waals surface area contributed by atoms with Gasteiger partial charge in [-0.05, 0) is 49.8 Å². The predicted octanol–water partition coefficient (Wildman–Crippen LogP) is 2.41. The molecule has 4 atom stereocenters. The molecule has 1 saturated heterocycles. The molecule has 1 aromatic rings.